The highest BCUT2D eigenvalue weighted by Crippen LogP contribution is 2.28. The summed E-state index contributed by atoms with van der Waals surface area (Å²) in [7, 11) is 0. The van der Waals surface area contributed by atoms with Crippen LogP contribution in [-0.2, 0) is 15.9 Å². The highest BCUT2D eigenvalue weighted by Gasteiger charge is 2.39. The van der Waals surface area contributed by atoms with Crippen LogP contribution in [0.1, 0.15) is 32.3 Å². The smallest absolute Gasteiger partial charge is 0.309 e. The molecule has 5 nitrogen and oxygen atoms in total. The molecule has 0 saturated carbocycles. The van der Waals surface area contributed by atoms with E-state index >= 15 is 0 Å². The van der Waals surface area contributed by atoms with Gasteiger partial charge in [-0.15, -0.1) is 0 Å². The fourth-order valence-corrected chi connectivity index (χ4v) is 4.49. The molecule has 1 aliphatic rings. The topological polar surface area (TPSA) is 77.8 Å². The summed E-state index contributed by atoms with van der Waals surface area (Å²) in [6, 6.07) is 7.58. The van der Waals surface area contributed by atoms with Gasteiger partial charge in [0.05, 0.1) is 5.92 Å². The van der Waals surface area contributed by atoms with Gasteiger partial charge in [-0.1, -0.05) is 49.2 Å². The summed E-state index contributed by atoms with van der Waals surface area (Å²) in [5.74, 6) is -2.11. The van der Waals surface area contributed by atoms with E-state index in [1.807, 2.05) is 29.2 Å². The molecule has 0 aliphatic carbocycles. The van der Waals surface area contributed by atoms with Crippen LogP contribution < -0.4 is 0 Å². The molecule has 1 fully saturated rings. The Balaban J connectivity index is 2.09. The van der Waals surface area contributed by atoms with Crippen LogP contribution in [-0.4, -0.2) is 43.2 Å². The summed E-state index contributed by atoms with van der Waals surface area (Å²) in [6.07, 6.45) is 3.61. The third-order valence-electron chi connectivity index (χ3n) is 4.56. The Morgan fingerprint density at radius 1 is 1.24 bits per heavy atom. The molecular formula is C18H24ClNO4S. The van der Waals surface area contributed by atoms with E-state index in [0.29, 0.717) is 18.1 Å². The van der Waals surface area contributed by atoms with Crippen LogP contribution in [0.3, 0.4) is 0 Å². The number of rotatable bonds is 6. The maximum absolute atomic E-state index is 11.8. The first kappa shape index (κ1) is 20.1. The number of carboxylic acid groups (broad SMARTS) is 1. The van der Waals surface area contributed by atoms with Crippen molar-refractivity contribution in [1.82, 2.24) is 4.90 Å². The van der Waals surface area contributed by atoms with E-state index < -0.39 is 28.3 Å². The molecule has 1 heterocycles. The van der Waals surface area contributed by atoms with Gasteiger partial charge >= 0.3 is 5.97 Å². The van der Waals surface area contributed by atoms with Crippen LogP contribution in [0.4, 0.5) is 0 Å². The summed E-state index contributed by atoms with van der Waals surface area (Å²) >= 11 is 3.68. The molecule has 0 spiro atoms. The van der Waals surface area contributed by atoms with Crippen molar-refractivity contribution < 1.29 is 18.7 Å². The number of nitrogens with zero attached hydrogens (tertiary/aromatic N) is 1. The van der Waals surface area contributed by atoms with Gasteiger partial charge in [-0.25, -0.2) is 4.21 Å². The number of aliphatic carboxylic acids is 1. The van der Waals surface area contributed by atoms with E-state index in [-0.39, 0.29) is 5.92 Å². The van der Waals surface area contributed by atoms with E-state index in [1.165, 1.54) is 5.57 Å². The second-order valence-electron chi connectivity index (χ2n) is 6.66. The van der Waals surface area contributed by atoms with Crippen LogP contribution >= 0.6 is 11.6 Å². The number of benzene rings is 1. The van der Waals surface area contributed by atoms with Gasteiger partial charge in [0, 0.05) is 18.1 Å². The van der Waals surface area contributed by atoms with E-state index in [0.717, 1.165) is 18.4 Å². The molecule has 0 amide bonds. The first-order chi connectivity index (χ1) is 11.8. The largest absolute Gasteiger partial charge is 0.481 e. The van der Waals surface area contributed by atoms with Gasteiger partial charge in [0.1, 0.15) is 5.37 Å². The molecule has 2 rings (SSSR count). The average molecular weight is 386 g/mol. The second-order valence-corrected chi connectivity index (χ2v) is 8.14. The normalized spacial score (nSPS) is 19.5. The van der Waals surface area contributed by atoms with Gasteiger partial charge in [0.15, 0.2) is 11.1 Å². The minimum Gasteiger partial charge on any atom is -0.481 e. The maximum atomic E-state index is 11.8. The fourth-order valence-electron chi connectivity index (χ4n) is 3.22. The lowest BCUT2D eigenvalue weighted by atomic mass is 9.93. The van der Waals surface area contributed by atoms with Gasteiger partial charge in [-0.05, 0) is 36.5 Å². The Morgan fingerprint density at radius 3 is 2.24 bits per heavy atom. The minimum absolute atomic E-state index is 0.218. The quantitative estimate of drug-likeness (QED) is 0.729. The fraction of sp³-hybridized carbons (Fsp3) is 0.500. The average Bonchev–Trinajstić information content (AvgIpc) is 2.54. The summed E-state index contributed by atoms with van der Waals surface area (Å²) in [6.45, 7) is 4.70. The maximum Gasteiger partial charge on any atom is 0.309 e. The molecule has 1 aromatic rings. The molecule has 7 heteroatoms. The Hall–Kier alpha value is -1.21. The highest BCUT2D eigenvalue weighted by molar-refractivity contribution is 7.79. The van der Waals surface area contributed by atoms with Crippen molar-refractivity contribution in [2.45, 2.75) is 32.1 Å². The van der Waals surface area contributed by atoms with Crippen molar-refractivity contribution in [2.75, 3.05) is 13.1 Å². The molecule has 25 heavy (non-hydrogen) atoms. The lowest BCUT2D eigenvalue weighted by Gasteiger charge is -2.37. The Morgan fingerprint density at radius 2 is 1.80 bits per heavy atom. The predicted molar refractivity (Wildman–Crippen MR) is 101 cm³/mol. The van der Waals surface area contributed by atoms with Crippen molar-refractivity contribution in [1.29, 1.82) is 0 Å². The Labute approximate surface area is 156 Å². The molecule has 0 aromatic heterocycles. The molecule has 138 valence electrons. The number of likely N-dealkylation sites (tertiary alicyclic amines) is 1. The van der Waals surface area contributed by atoms with Gasteiger partial charge in [-0.2, -0.15) is 0 Å². The SMILES string of the molecule is CC(C)C(C(=O)O)C(N1CCC(=Cc2ccc(Cl)cc2)CC1)S(=O)O. The van der Waals surface area contributed by atoms with E-state index in [9.17, 15) is 18.7 Å². The Bertz CT molecular complexity index is 650. The number of piperidine rings is 1. The van der Waals surface area contributed by atoms with Gasteiger partial charge in [0.25, 0.3) is 0 Å². The molecular weight excluding hydrogens is 362 g/mol. The first-order valence-electron chi connectivity index (χ1n) is 8.31. The molecule has 0 bridgehead atoms. The number of hydrogen-bond acceptors (Lipinski definition) is 3. The van der Waals surface area contributed by atoms with E-state index in [1.54, 1.807) is 13.8 Å². The minimum atomic E-state index is -2.21. The number of halogens is 1. The third kappa shape index (κ3) is 5.38. The van der Waals surface area contributed by atoms with Crippen molar-refractivity contribution in [2.24, 2.45) is 11.8 Å². The van der Waals surface area contributed by atoms with Crippen molar-refractivity contribution in [3.63, 3.8) is 0 Å². The summed E-state index contributed by atoms with van der Waals surface area (Å²) in [4.78, 5) is 13.4. The van der Waals surface area contributed by atoms with E-state index in [2.05, 4.69) is 6.08 Å². The van der Waals surface area contributed by atoms with Crippen molar-refractivity contribution in [3.05, 3.63) is 40.4 Å². The van der Waals surface area contributed by atoms with Gasteiger partial charge < -0.3 is 9.66 Å². The molecule has 1 aliphatic heterocycles. The van der Waals surface area contributed by atoms with Crippen molar-refractivity contribution in [3.8, 4) is 0 Å². The number of hydrogen-bond donors (Lipinski definition) is 2. The second kappa shape index (κ2) is 8.94. The summed E-state index contributed by atoms with van der Waals surface area (Å²) in [5, 5.41) is 9.28. The lowest BCUT2D eigenvalue weighted by molar-refractivity contribution is -0.144. The summed E-state index contributed by atoms with van der Waals surface area (Å²) < 4.78 is 21.5. The standard InChI is InChI=1S/C18H24ClNO4S/c1-12(2)16(18(21)22)17(25(23)24)20-9-7-14(8-10-20)11-13-3-5-15(19)6-4-13/h3-6,11-12,16-17H,7-10H2,1-2H3,(H,21,22)(H,23,24). The highest BCUT2D eigenvalue weighted by atomic mass is 35.5. The monoisotopic (exact) mass is 385 g/mol. The molecule has 0 radical (unpaired) electrons. The van der Waals surface area contributed by atoms with Crippen LogP contribution in [0.2, 0.25) is 5.02 Å². The number of carboxylic acids is 1. The molecule has 1 saturated heterocycles. The van der Waals surface area contributed by atoms with Crippen LogP contribution in [0.25, 0.3) is 6.08 Å². The lowest BCUT2D eigenvalue weighted by Crippen LogP contribution is -2.50. The van der Waals surface area contributed by atoms with Crippen LogP contribution in [0, 0.1) is 11.8 Å². The first-order valence-corrected chi connectivity index (χ1v) is 9.86. The zero-order valence-electron chi connectivity index (χ0n) is 14.4. The molecule has 1 aromatic carbocycles. The predicted octanol–water partition coefficient (Wildman–Crippen LogP) is 3.72. The Kier molecular flexibility index (Phi) is 7.19. The van der Waals surface area contributed by atoms with Gasteiger partial charge in [-0.3, -0.25) is 9.69 Å². The molecule has 2 N–H and O–H groups in total. The third-order valence-corrected chi connectivity index (χ3v) is 5.81. The zero-order chi connectivity index (χ0) is 18.6. The molecule has 3 unspecified atom stereocenters. The number of carbonyl (C=O) groups is 1. The van der Waals surface area contributed by atoms with E-state index in [4.69, 9.17) is 11.6 Å². The molecule has 3 atom stereocenters. The van der Waals surface area contributed by atoms with Gasteiger partial charge in [0.2, 0.25) is 0 Å². The van der Waals surface area contributed by atoms with Crippen LogP contribution in [0.5, 0.6) is 0 Å². The zero-order valence-corrected chi connectivity index (χ0v) is 16.0. The van der Waals surface area contributed by atoms with Crippen molar-refractivity contribution >= 4 is 34.7 Å². The van der Waals surface area contributed by atoms with Crippen LogP contribution in [0.15, 0.2) is 29.8 Å². The summed E-state index contributed by atoms with van der Waals surface area (Å²) in [5.41, 5.74) is 2.32.